The molecule has 2 heterocycles. The first-order valence-electron chi connectivity index (χ1n) is 16.3. The van der Waals surface area contributed by atoms with E-state index in [1.807, 2.05) is 24.3 Å². The highest BCUT2D eigenvalue weighted by molar-refractivity contribution is 6.09. The molecule has 0 spiro atoms. The van der Waals surface area contributed by atoms with E-state index in [9.17, 15) is 0 Å². The fourth-order valence-corrected chi connectivity index (χ4v) is 6.78. The number of nitrogens with two attached hydrogens (primary N) is 1. The van der Waals surface area contributed by atoms with Crippen LogP contribution in [0.1, 0.15) is 47.6 Å². The summed E-state index contributed by atoms with van der Waals surface area (Å²) >= 11 is 0. The van der Waals surface area contributed by atoms with Crippen LogP contribution in [0.25, 0.3) is 33.7 Å². The number of fused-ring (bicyclic) bond motifs is 4. The minimum atomic E-state index is -0.938. The van der Waals surface area contributed by atoms with Gasteiger partial charge in [0.05, 0.1) is 26.5 Å². The Bertz CT molecular complexity index is 1920. The summed E-state index contributed by atoms with van der Waals surface area (Å²) in [6, 6.07) is 31.2. The zero-order valence-corrected chi connectivity index (χ0v) is 27.1. The van der Waals surface area contributed by atoms with Gasteiger partial charge < -0.3 is 30.0 Å². The van der Waals surface area contributed by atoms with Gasteiger partial charge in [0.2, 0.25) is 0 Å². The summed E-state index contributed by atoms with van der Waals surface area (Å²) < 4.78 is 24.6. The van der Waals surface area contributed by atoms with Crippen molar-refractivity contribution in [3.8, 4) is 34.1 Å². The normalized spacial score (nSPS) is 14.6. The Hall–Kier alpha value is -5.36. The largest absolute Gasteiger partial charge is 0.497 e. The van der Waals surface area contributed by atoms with Gasteiger partial charge >= 0.3 is 0 Å². The Morgan fingerprint density at radius 2 is 1.57 bits per heavy atom. The number of hydrogen-bond acceptors (Lipinski definition) is 6. The van der Waals surface area contributed by atoms with Gasteiger partial charge in [-0.15, -0.1) is 0 Å². The summed E-state index contributed by atoms with van der Waals surface area (Å²) in [6.07, 6.45) is 9.03. The molecule has 3 N–H and O–H groups in total. The molecule has 0 atom stereocenters. The molecule has 2 aliphatic rings. The Balaban J connectivity index is 1.55. The first-order valence-corrected chi connectivity index (χ1v) is 16.3. The molecule has 0 aliphatic carbocycles. The van der Waals surface area contributed by atoms with Gasteiger partial charge in [-0.25, -0.2) is 0 Å². The predicted molar refractivity (Wildman–Crippen MR) is 190 cm³/mol. The highest BCUT2D eigenvalue weighted by atomic mass is 16.5. The molecule has 7 rings (SSSR count). The van der Waals surface area contributed by atoms with E-state index in [4.69, 9.17) is 24.7 Å². The lowest BCUT2D eigenvalue weighted by molar-refractivity contribution is 0.163. The maximum Gasteiger partial charge on any atom is 0.178 e. The van der Waals surface area contributed by atoms with Gasteiger partial charge in [0.1, 0.15) is 23.0 Å². The van der Waals surface area contributed by atoms with Gasteiger partial charge in [0, 0.05) is 46.8 Å². The van der Waals surface area contributed by atoms with Crippen molar-refractivity contribution in [3.05, 3.63) is 131 Å². The van der Waals surface area contributed by atoms with Gasteiger partial charge in [-0.1, -0.05) is 67.9 Å². The fourth-order valence-electron chi connectivity index (χ4n) is 6.78. The van der Waals surface area contributed by atoms with Crippen LogP contribution >= 0.6 is 0 Å². The minimum Gasteiger partial charge on any atom is -0.497 e. The van der Waals surface area contributed by atoms with Crippen molar-refractivity contribution in [3.63, 3.8) is 0 Å². The van der Waals surface area contributed by atoms with E-state index in [2.05, 4.69) is 91.1 Å². The molecule has 0 radical (unpaired) electrons. The molecule has 2 aliphatic heterocycles. The lowest BCUT2D eigenvalue weighted by Crippen LogP contribution is -2.34. The van der Waals surface area contributed by atoms with Crippen molar-refractivity contribution in [2.24, 2.45) is 5.73 Å². The molecular weight excluding hydrogens is 584 g/mol. The Morgan fingerprint density at radius 3 is 2.19 bits per heavy atom. The van der Waals surface area contributed by atoms with Gasteiger partial charge in [-0.05, 0) is 77.0 Å². The Morgan fingerprint density at radius 1 is 0.894 bits per heavy atom. The van der Waals surface area contributed by atoms with Crippen LogP contribution in [-0.4, -0.2) is 27.4 Å². The summed E-state index contributed by atoms with van der Waals surface area (Å²) in [6.45, 7) is 3.67. The van der Waals surface area contributed by atoms with E-state index < -0.39 is 5.60 Å². The minimum absolute atomic E-state index is 0.663. The second kappa shape index (κ2) is 12.8. The van der Waals surface area contributed by atoms with E-state index in [1.165, 1.54) is 5.56 Å². The molecule has 0 amide bonds. The summed E-state index contributed by atoms with van der Waals surface area (Å²) in [7, 11) is 3.36. The van der Waals surface area contributed by atoms with Crippen molar-refractivity contribution in [1.29, 1.82) is 0 Å². The van der Waals surface area contributed by atoms with Gasteiger partial charge in [-0.2, -0.15) is 0 Å². The van der Waals surface area contributed by atoms with Gasteiger partial charge in [0.15, 0.2) is 5.60 Å². The quantitative estimate of drug-likeness (QED) is 0.152. The summed E-state index contributed by atoms with van der Waals surface area (Å²) in [5, 5.41) is 5.75. The highest BCUT2D eigenvalue weighted by Crippen LogP contribution is 2.52. The molecule has 0 bridgehead atoms. The number of benzene rings is 5. The zero-order chi connectivity index (χ0) is 32.4. The van der Waals surface area contributed by atoms with Crippen molar-refractivity contribution in [2.75, 3.05) is 27.4 Å². The number of nitrogens with one attached hydrogen (secondary N) is 1. The molecule has 238 valence electrons. The SMILES string of the molecule is CCCCN/C(=C\N)c1c2c(c3cc4c(cc3c1-c1ccccc1)CCO4)OC(c1ccc(OC)cc1)(c1ccc(OC)cc1)C=C2. The maximum absolute atomic E-state index is 7.44. The highest BCUT2D eigenvalue weighted by Gasteiger charge is 2.40. The monoisotopic (exact) mass is 624 g/mol. The van der Waals surface area contributed by atoms with Crippen molar-refractivity contribution < 1.29 is 18.9 Å². The molecule has 0 unspecified atom stereocenters. The average Bonchev–Trinajstić information content (AvgIpc) is 3.60. The van der Waals surface area contributed by atoms with Crippen LogP contribution in [0.3, 0.4) is 0 Å². The van der Waals surface area contributed by atoms with E-state index in [0.29, 0.717) is 6.61 Å². The average molecular weight is 625 g/mol. The Kier molecular flexibility index (Phi) is 8.25. The molecule has 5 aromatic carbocycles. The first-order chi connectivity index (χ1) is 23.1. The summed E-state index contributed by atoms with van der Waals surface area (Å²) in [4.78, 5) is 0. The van der Waals surface area contributed by atoms with E-state index in [1.54, 1.807) is 20.4 Å². The van der Waals surface area contributed by atoms with Gasteiger partial charge in [-0.3, -0.25) is 0 Å². The molecule has 0 aromatic heterocycles. The number of unbranched alkanes of at least 4 members (excludes halogenated alkanes) is 1. The Labute approximate surface area is 276 Å². The molecular formula is C41H40N2O4. The van der Waals surface area contributed by atoms with Crippen molar-refractivity contribution in [2.45, 2.75) is 31.8 Å². The molecule has 5 aromatic rings. The lowest BCUT2D eigenvalue weighted by atomic mass is 9.80. The molecule has 0 saturated heterocycles. The third kappa shape index (κ3) is 5.34. The van der Waals surface area contributed by atoms with Crippen LogP contribution in [-0.2, 0) is 12.0 Å². The van der Waals surface area contributed by atoms with Crippen LogP contribution in [0.5, 0.6) is 23.0 Å². The van der Waals surface area contributed by atoms with Crippen LogP contribution in [0.15, 0.2) is 103 Å². The lowest BCUT2D eigenvalue weighted by Gasteiger charge is -2.38. The molecule has 6 heteroatoms. The van der Waals surface area contributed by atoms with Crippen LogP contribution in [0.2, 0.25) is 0 Å². The van der Waals surface area contributed by atoms with Gasteiger partial charge in [0.25, 0.3) is 0 Å². The third-order valence-electron chi connectivity index (χ3n) is 9.24. The van der Waals surface area contributed by atoms with Crippen LogP contribution < -0.4 is 30.0 Å². The number of hydrogen-bond donors (Lipinski definition) is 2. The number of rotatable bonds is 10. The number of methoxy groups -OCH3 is 2. The maximum atomic E-state index is 7.44. The van der Waals surface area contributed by atoms with E-state index >= 15 is 0 Å². The smallest absolute Gasteiger partial charge is 0.178 e. The first kappa shape index (κ1) is 30.3. The molecule has 47 heavy (non-hydrogen) atoms. The predicted octanol–water partition coefficient (Wildman–Crippen LogP) is 8.46. The zero-order valence-electron chi connectivity index (χ0n) is 27.1. The topological polar surface area (TPSA) is 75.0 Å². The fraction of sp³-hybridized carbons (Fsp3) is 0.220. The second-order valence-electron chi connectivity index (χ2n) is 12.0. The van der Waals surface area contributed by atoms with Crippen LogP contribution in [0.4, 0.5) is 0 Å². The third-order valence-corrected chi connectivity index (χ3v) is 9.24. The molecule has 0 saturated carbocycles. The van der Waals surface area contributed by atoms with E-state index in [-0.39, 0.29) is 0 Å². The van der Waals surface area contributed by atoms with E-state index in [0.717, 1.165) is 98.7 Å². The second-order valence-corrected chi connectivity index (χ2v) is 12.0. The van der Waals surface area contributed by atoms with Crippen molar-refractivity contribution in [1.82, 2.24) is 5.32 Å². The molecule has 6 nitrogen and oxygen atoms in total. The summed E-state index contributed by atoms with van der Waals surface area (Å²) in [5.74, 6) is 3.24. The van der Waals surface area contributed by atoms with Crippen LogP contribution in [0, 0.1) is 0 Å². The molecule has 0 fully saturated rings. The summed E-state index contributed by atoms with van der Waals surface area (Å²) in [5.41, 5.74) is 13.7. The number of ether oxygens (including phenoxy) is 4. The van der Waals surface area contributed by atoms with Crippen molar-refractivity contribution >= 4 is 22.5 Å². The standard InChI is InChI=1S/C41H40N2O4/c1-4-5-22-43-36(26-42)39-33-19-21-41(29-11-15-31(44-2)16-12-29,30-13-17-32(45-3)18-14-30)47-40(33)35-25-37-28(20-23-46-37)24-34(35)38(39)27-9-7-6-8-10-27/h6-19,21,24-26,43H,4-5,20,22-23,42H2,1-3H3/b36-26-.